The van der Waals surface area contributed by atoms with Gasteiger partial charge in [-0.05, 0) is 38.5 Å². The second-order valence-electron chi connectivity index (χ2n) is 6.58. The van der Waals surface area contributed by atoms with Crippen LogP contribution in [0.1, 0.15) is 47.4 Å². The average molecular weight is 327 g/mol. The topological polar surface area (TPSA) is 73.2 Å². The standard InChI is InChI=1S/C18H21N3O3/c1-18(2)11-15(22)14-10-13(4-5-16(14)24-18)17(23)20-6-3-8-21-9-7-19-12-21/h4-5,7,9-10,12H,3,6,8,11H2,1-2H3,(H,20,23). The molecule has 1 aliphatic heterocycles. The van der Waals surface area contributed by atoms with E-state index in [0.717, 1.165) is 13.0 Å². The van der Waals surface area contributed by atoms with Crippen LogP contribution in [-0.4, -0.2) is 33.4 Å². The fraction of sp³-hybridized carbons (Fsp3) is 0.389. The highest BCUT2D eigenvalue weighted by atomic mass is 16.5. The zero-order valence-corrected chi connectivity index (χ0v) is 13.9. The second-order valence-corrected chi connectivity index (χ2v) is 6.58. The van der Waals surface area contributed by atoms with E-state index < -0.39 is 5.60 Å². The van der Waals surface area contributed by atoms with E-state index in [-0.39, 0.29) is 11.7 Å². The lowest BCUT2D eigenvalue weighted by molar-refractivity contribution is 0.0620. The van der Waals surface area contributed by atoms with Crippen molar-refractivity contribution in [1.29, 1.82) is 0 Å². The highest BCUT2D eigenvalue weighted by Crippen LogP contribution is 2.33. The number of carbonyl (C=O) groups excluding carboxylic acids is 2. The van der Waals surface area contributed by atoms with E-state index in [9.17, 15) is 9.59 Å². The first-order valence-corrected chi connectivity index (χ1v) is 8.05. The van der Waals surface area contributed by atoms with Gasteiger partial charge in [0, 0.05) is 31.0 Å². The van der Waals surface area contributed by atoms with Gasteiger partial charge in [-0.15, -0.1) is 0 Å². The Balaban J connectivity index is 1.60. The fourth-order valence-corrected chi connectivity index (χ4v) is 2.78. The number of nitrogens with zero attached hydrogens (tertiary/aromatic N) is 2. The molecule has 126 valence electrons. The van der Waals surface area contributed by atoms with E-state index in [1.807, 2.05) is 24.6 Å². The molecule has 0 saturated carbocycles. The molecule has 0 atom stereocenters. The van der Waals surface area contributed by atoms with Crippen LogP contribution in [0.4, 0.5) is 0 Å². The zero-order valence-electron chi connectivity index (χ0n) is 13.9. The van der Waals surface area contributed by atoms with Crippen LogP contribution < -0.4 is 10.1 Å². The Labute approximate surface area is 140 Å². The van der Waals surface area contributed by atoms with Gasteiger partial charge in [0.2, 0.25) is 0 Å². The largest absolute Gasteiger partial charge is 0.487 e. The maximum absolute atomic E-state index is 12.2. The van der Waals surface area contributed by atoms with Gasteiger partial charge in [0.05, 0.1) is 18.3 Å². The van der Waals surface area contributed by atoms with Crippen molar-refractivity contribution in [2.24, 2.45) is 0 Å². The average Bonchev–Trinajstić information content (AvgIpc) is 3.03. The molecule has 0 bridgehead atoms. The third-order valence-corrected chi connectivity index (χ3v) is 3.95. The minimum atomic E-state index is -0.499. The van der Waals surface area contributed by atoms with Crippen LogP contribution in [0, 0.1) is 0 Å². The molecule has 6 nitrogen and oxygen atoms in total. The zero-order chi connectivity index (χ0) is 17.2. The maximum atomic E-state index is 12.2. The predicted molar refractivity (Wildman–Crippen MR) is 89.3 cm³/mol. The number of hydrogen-bond donors (Lipinski definition) is 1. The molecule has 0 aliphatic carbocycles. The van der Waals surface area contributed by atoms with Crippen molar-refractivity contribution in [3.05, 3.63) is 48.0 Å². The molecule has 24 heavy (non-hydrogen) atoms. The highest BCUT2D eigenvalue weighted by molar-refractivity contribution is 6.03. The van der Waals surface area contributed by atoms with Crippen molar-refractivity contribution in [1.82, 2.24) is 14.9 Å². The minimum Gasteiger partial charge on any atom is -0.487 e. The molecule has 2 heterocycles. The fourth-order valence-electron chi connectivity index (χ4n) is 2.78. The Morgan fingerprint density at radius 2 is 2.25 bits per heavy atom. The van der Waals surface area contributed by atoms with Crippen molar-refractivity contribution < 1.29 is 14.3 Å². The lowest BCUT2D eigenvalue weighted by Gasteiger charge is -2.31. The van der Waals surface area contributed by atoms with Crippen molar-refractivity contribution >= 4 is 11.7 Å². The van der Waals surface area contributed by atoms with Crippen LogP contribution in [0.15, 0.2) is 36.9 Å². The predicted octanol–water partition coefficient (Wildman–Crippen LogP) is 2.45. The number of imidazole rings is 1. The number of carbonyl (C=O) groups is 2. The summed E-state index contributed by atoms with van der Waals surface area (Å²) >= 11 is 0. The van der Waals surface area contributed by atoms with Gasteiger partial charge >= 0.3 is 0 Å². The molecule has 1 N–H and O–H groups in total. The van der Waals surface area contributed by atoms with Crippen molar-refractivity contribution in [3.8, 4) is 5.75 Å². The molecule has 0 fully saturated rings. The third kappa shape index (κ3) is 3.64. The molecule has 1 amide bonds. The first-order valence-electron chi connectivity index (χ1n) is 8.05. The summed E-state index contributed by atoms with van der Waals surface area (Å²) < 4.78 is 7.76. The van der Waals surface area contributed by atoms with Crippen LogP contribution in [0.25, 0.3) is 0 Å². The Morgan fingerprint density at radius 1 is 1.42 bits per heavy atom. The number of nitrogens with one attached hydrogen (secondary N) is 1. The van der Waals surface area contributed by atoms with Gasteiger partial charge in [0.25, 0.3) is 5.91 Å². The van der Waals surface area contributed by atoms with Crippen molar-refractivity contribution in [2.45, 2.75) is 38.8 Å². The summed E-state index contributed by atoms with van der Waals surface area (Å²) in [6.07, 6.45) is 6.49. The first-order chi connectivity index (χ1) is 11.4. The molecule has 0 saturated heterocycles. The Kier molecular flexibility index (Phi) is 4.38. The number of aromatic nitrogens is 2. The summed E-state index contributed by atoms with van der Waals surface area (Å²) in [5.74, 6) is 0.380. The summed E-state index contributed by atoms with van der Waals surface area (Å²) in [5, 5.41) is 2.87. The number of hydrogen-bond acceptors (Lipinski definition) is 4. The minimum absolute atomic E-state index is 0.0102. The molecule has 0 radical (unpaired) electrons. The number of ether oxygens (including phenoxy) is 1. The van der Waals surface area contributed by atoms with Crippen molar-refractivity contribution in [2.75, 3.05) is 6.54 Å². The molecule has 2 aromatic rings. The number of amides is 1. The van der Waals surface area contributed by atoms with E-state index in [1.165, 1.54) is 0 Å². The number of ketones is 1. The van der Waals surface area contributed by atoms with Gasteiger partial charge in [-0.1, -0.05) is 0 Å². The summed E-state index contributed by atoms with van der Waals surface area (Å²) in [7, 11) is 0. The smallest absolute Gasteiger partial charge is 0.251 e. The summed E-state index contributed by atoms with van der Waals surface area (Å²) in [4.78, 5) is 28.5. The number of Topliss-reactive ketones (excluding diaryl/α,β-unsaturated/α-hetero) is 1. The normalized spacial score (nSPS) is 15.5. The van der Waals surface area contributed by atoms with E-state index in [4.69, 9.17) is 4.74 Å². The lowest BCUT2D eigenvalue weighted by atomic mass is 9.92. The van der Waals surface area contributed by atoms with Gasteiger partial charge in [-0.25, -0.2) is 4.98 Å². The van der Waals surface area contributed by atoms with Crippen LogP contribution >= 0.6 is 0 Å². The van der Waals surface area contributed by atoms with E-state index in [0.29, 0.717) is 29.8 Å². The van der Waals surface area contributed by atoms with Crippen LogP contribution in [0.5, 0.6) is 5.75 Å². The summed E-state index contributed by atoms with van der Waals surface area (Å²) in [6, 6.07) is 5.02. The number of rotatable bonds is 5. The molecular formula is C18H21N3O3. The molecule has 1 aliphatic rings. The molecule has 6 heteroatoms. The van der Waals surface area contributed by atoms with Crippen LogP contribution in [-0.2, 0) is 6.54 Å². The molecule has 0 unspecified atom stereocenters. The number of aryl methyl sites for hydroxylation is 1. The monoisotopic (exact) mass is 327 g/mol. The van der Waals surface area contributed by atoms with E-state index >= 15 is 0 Å². The quantitative estimate of drug-likeness (QED) is 0.856. The third-order valence-electron chi connectivity index (χ3n) is 3.95. The Morgan fingerprint density at radius 3 is 3.00 bits per heavy atom. The van der Waals surface area contributed by atoms with Crippen LogP contribution in [0.3, 0.4) is 0 Å². The Hall–Kier alpha value is -2.63. The SMILES string of the molecule is CC1(C)CC(=O)c2cc(C(=O)NCCCn3ccnc3)ccc2O1. The first kappa shape index (κ1) is 16.2. The van der Waals surface area contributed by atoms with E-state index in [2.05, 4.69) is 10.3 Å². The molecule has 1 aromatic heterocycles. The molecular weight excluding hydrogens is 306 g/mol. The molecule has 1 aromatic carbocycles. The van der Waals surface area contributed by atoms with Crippen molar-refractivity contribution in [3.63, 3.8) is 0 Å². The van der Waals surface area contributed by atoms with Gasteiger partial charge < -0.3 is 14.6 Å². The second kappa shape index (κ2) is 6.47. The van der Waals surface area contributed by atoms with Gasteiger partial charge in [-0.3, -0.25) is 9.59 Å². The number of benzene rings is 1. The van der Waals surface area contributed by atoms with E-state index in [1.54, 1.807) is 30.7 Å². The summed E-state index contributed by atoms with van der Waals surface area (Å²) in [6.45, 7) is 5.13. The highest BCUT2D eigenvalue weighted by Gasteiger charge is 2.32. The lowest BCUT2D eigenvalue weighted by Crippen LogP contribution is -2.36. The Bertz CT molecular complexity index is 751. The van der Waals surface area contributed by atoms with Gasteiger partial charge in [0.15, 0.2) is 5.78 Å². The summed E-state index contributed by atoms with van der Waals surface area (Å²) in [5.41, 5.74) is 0.467. The number of fused-ring (bicyclic) bond motifs is 1. The van der Waals surface area contributed by atoms with Crippen LogP contribution in [0.2, 0.25) is 0 Å². The van der Waals surface area contributed by atoms with Gasteiger partial charge in [-0.2, -0.15) is 0 Å². The molecule has 0 spiro atoms. The maximum Gasteiger partial charge on any atom is 0.251 e. The molecule has 3 rings (SSSR count). The van der Waals surface area contributed by atoms with Gasteiger partial charge in [0.1, 0.15) is 11.4 Å².